The third kappa shape index (κ3) is 3.76. The second-order valence-corrected chi connectivity index (χ2v) is 5.45. The molecule has 0 spiro atoms. The van der Waals surface area contributed by atoms with Crippen LogP contribution in [0.3, 0.4) is 0 Å². The van der Waals surface area contributed by atoms with Gasteiger partial charge in [-0.2, -0.15) is 0 Å². The highest BCUT2D eigenvalue weighted by atomic mass is 16.5. The molecule has 0 aliphatic rings. The Labute approximate surface area is 126 Å². The number of hydrogen-bond acceptors (Lipinski definition) is 3. The first kappa shape index (κ1) is 15.4. The molecule has 3 heteroatoms. The molecule has 0 saturated carbocycles. The molecule has 0 bridgehead atoms. The molecule has 0 aromatic heterocycles. The van der Waals surface area contributed by atoms with Crippen LogP contribution < -0.4 is 10.1 Å². The van der Waals surface area contributed by atoms with Crippen LogP contribution in [-0.2, 0) is 0 Å². The summed E-state index contributed by atoms with van der Waals surface area (Å²) < 4.78 is 5.23. The molecule has 0 amide bonds. The number of hydrogen-bond donors (Lipinski definition) is 2. The van der Waals surface area contributed by atoms with E-state index in [1.165, 1.54) is 11.1 Å². The average Bonchev–Trinajstić information content (AvgIpc) is 2.47. The van der Waals surface area contributed by atoms with Gasteiger partial charge in [0.25, 0.3) is 0 Å². The van der Waals surface area contributed by atoms with Crippen molar-refractivity contribution in [2.75, 3.05) is 7.11 Å². The second-order valence-electron chi connectivity index (χ2n) is 5.45. The highest BCUT2D eigenvalue weighted by Gasteiger charge is 2.15. The lowest BCUT2D eigenvalue weighted by Gasteiger charge is -2.22. The van der Waals surface area contributed by atoms with Crippen LogP contribution in [-0.4, -0.2) is 12.2 Å². The fraction of sp³-hybridized carbons (Fsp3) is 0.333. The molecular formula is C18H23NO2. The SMILES string of the molecule is COc1ccc(O)c(C(C)N[C@@H](C)c2cccc(C)c2)c1. The van der Waals surface area contributed by atoms with Crippen LogP contribution in [0.5, 0.6) is 11.5 Å². The lowest BCUT2D eigenvalue weighted by Crippen LogP contribution is -2.22. The van der Waals surface area contributed by atoms with Crippen molar-refractivity contribution in [1.82, 2.24) is 5.32 Å². The summed E-state index contributed by atoms with van der Waals surface area (Å²) >= 11 is 0. The van der Waals surface area contributed by atoms with E-state index in [4.69, 9.17) is 4.74 Å². The Morgan fingerprint density at radius 3 is 2.48 bits per heavy atom. The lowest BCUT2D eigenvalue weighted by molar-refractivity contribution is 0.405. The van der Waals surface area contributed by atoms with Gasteiger partial charge in [0.2, 0.25) is 0 Å². The predicted octanol–water partition coefficient (Wildman–Crippen LogP) is 4.12. The van der Waals surface area contributed by atoms with E-state index in [9.17, 15) is 5.11 Å². The van der Waals surface area contributed by atoms with Crippen molar-refractivity contribution in [2.45, 2.75) is 32.9 Å². The van der Waals surface area contributed by atoms with Crippen molar-refractivity contribution in [2.24, 2.45) is 0 Å². The molecule has 0 heterocycles. The molecule has 3 nitrogen and oxygen atoms in total. The Balaban J connectivity index is 2.15. The monoisotopic (exact) mass is 285 g/mol. The molecule has 0 aliphatic heterocycles. The van der Waals surface area contributed by atoms with Gasteiger partial charge in [-0.3, -0.25) is 0 Å². The van der Waals surface area contributed by atoms with Crippen LogP contribution in [0.15, 0.2) is 42.5 Å². The van der Waals surface area contributed by atoms with Crippen molar-refractivity contribution < 1.29 is 9.84 Å². The number of rotatable bonds is 5. The highest BCUT2D eigenvalue weighted by Crippen LogP contribution is 2.30. The van der Waals surface area contributed by atoms with E-state index >= 15 is 0 Å². The maximum Gasteiger partial charge on any atom is 0.120 e. The topological polar surface area (TPSA) is 41.5 Å². The minimum absolute atomic E-state index is 0.0237. The van der Waals surface area contributed by atoms with Gasteiger partial charge in [0, 0.05) is 17.6 Å². The molecule has 21 heavy (non-hydrogen) atoms. The van der Waals surface area contributed by atoms with Crippen LogP contribution in [0.25, 0.3) is 0 Å². The smallest absolute Gasteiger partial charge is 0.120 e. The van der Waals surface area contributed by atoms with Crippen LogP contribution in [0.4, 0.5) is 0 Å². The fourth-order valence-electron chi connectivity index (χ4n) is 2.51. The Morgan fingerprint density at radius 2 is 1.81 bits per heavy atom. The normalized spacial score (nSPS) is 13.7. The Bertz CT molecular complexity index is 610. The summed E-state index contributed by atoms with van der Waals surface area (Å²) in [6.07, 6.45) is 0. The molecule has 2 aromatic carbocycles. The fourth-order valence-corrected chi connectivity index (χ4v) is 2.51. The molecule has 112 valence electrons. The summed E-state index contributed by atoms with van der Waals surface area (Å²) in [5, 5.41) is 13.5. The number of benzene rings is 2. The maximum atomic E-state index is 10.0. The Morgan fingerprint density at radius 1 is 1.05 bits per heavy atom. The zero-order chi connectivity index (χ0) is 15.4. The number of phenolic OH excluding ortho intramolecular Hbond substituents is 1. The standard InChI is InChI=1S/C18H23NO2/c1-12-6-5-7-15(10-12)13(2)19-14(3)17-11-16(21-4)8-9-18(17)20/h5-11,13-14,19-20H,1-4H3/t13-,14?/m0/s1. The summed E-state index contributed by atoms with van der Waals surface area (Å²) in [4.78, 5) is 0. The second kappa shape index (κ2) is 6.64. The zero-order valence-corrected chi connectivity index (χ0v) is 13.1. The first-order valence-electron chi connectivity index (χ1n) is 7.20. The van der Waals surface area contributed by atoms with Crippen LogP contribution in [0.1, 0.15) is 42.6 Å². The predicted molar refractivity (Wildman–Crippen MR) is 85.8 cm³/mol. The van der Waals surface area contributed by atoms with Crippen LogP contribution >= 0.6 is 0 Å². The molecule has 2 N–H and O–H groups in total. The minimum atomic E-state index is 0.0237. The van der Waals surface area contributed by atoms with E-state index in [0.717, 1.165) is 11.3 Å². The molecule has 2 aromatic rings. The van der Waals surface area contributed by atoms with Crippen LogP contribution in [0.2, 0.25) is 0 Å². The summed E-state index contributed by atoms with van der Waals surface area (Å²) in [7, 11) is 1.63. The minimum Gasteiger partial charge on any atom is -0.508 e. The number of methoxy groups -OCH3 is 1. The first-order chi connectivity index (χ1) is 10.0. The van der Waals surface area contributed by atoms with Gasteiger partial charge in [-0.05, 0) is 44.5 Å². The van der Waals surface area contributed by atoms with E-state index < -0.39 is 0 Å². The molecule has 2 atom stereocenters. The summed E-state index contributed by atoms with van der Waals surface area (Å²) in [5.41, 5.74) is 3.33. The first-order valence-corrected chi connectivity index (χ1v) is 7.20. The average molecular weight is 285 g/mol. The highest BCUT2D eigenvalue weighted by molar-refractivity contribution is 5.41. The zero-order valence-electron chi connectivity index (χ0n) is 13.1. The molecule has 1 unspecified atom stereocenters. The van der Waals surface area contributed by atoms with Gasteiger partial charge in [-0.1, -0.05) is 29.8 Å². The van der Waals surface area contributed by atoms with Gasteiger partial charge < -0.3 is 15.2 Å². The van der Waals surface area contributed by atoms with Crippen molar-refractivity contribution in [1.29, 1.82) is 0 Å². The number of phenols is 1. The van der Waals surface area contributed by atoms with E-state index in [1.54, 1.807) is 19.2 Å². The number of aryl methyl sites for hydroxylation is 1. The maximum absolute atomic E-state index is 10.0. The molecule has 0 fully saturated rings. The summed E-state index contributed by atoms with van der Waals surface area (Å²) in [5.74, 6) is 1.03. The Hall–Kier alpha value is -2.00. The van der Waals surface area contributed by atoms with E-state index in [-0.39, 0.29) is 17.8 Å². The van der Waals surface area contributed by atoms with E-state index in [2.05, 4.69) is 43.4 Å². The van der Waals surface area contributed by atoms with Gasteiger partial charge >= 0.3 is 0 Å². The summed E-state index contributed by atoms with van der Waals surface area (Å²) in [6.45, 7) is 6.26. The summed E-state index contributed by atoms with van der Waals surface area (Å²) in [6, 6.07) is 14.0. The molecule has 0 aliphatic carbocycles. The third-order valence-corrected chi connectivity index (χ3v) is 3.74. The van der Waals surface area contributed by atoms with Crippen molar-refractivity contribution in [3.8, 4) is 11.5 Å². The molecule has 0 saturated heterocycles. The van der Waals surface area contributed by atoms with E-state index in [0.29, 0.717) is 0 Å². The van der Waals surface area contributed by atoms with Crippen molar-refractivity contribution in [3.05, 3.63) is 59.2 Å². The van der Waals surface area contributed by atoms with E-state index in [1.807, 2.05) is 13.0 Å². The number of nitrogens with one attached hydrogen (secondary N) is 1. The van der Waals surface area contributed by atoms with Gasteiger partial charge in [0.1, 0.15) is 11.5 Å². The molecule has 2 rings (SSSR count). The lowest BCUT2D eigenvalue weighted by atomic mass is 10.0. The van der Waals surface area contributed by atoms with Gasteiger partial charge in [0.05, 0.1) is 7.11 Å². The van der Waals surface area contributed by atoms with Gasteiger partial charge in [0.15, 0.2) is 0 Å². The van der Waals surface area contributed by atoms with Gasteiger partial charge in [-0.25, -0.2) is 0 Å². The van der Waals surface area contributed by atoms with Crippen molar-refractivity contribution >= 4 is 0 Å². The quantitative estimate of drug-likeness (QED) is 0.868. The van der Waals surface area contributed by atoms with Crippen LogP contribution in [0, 0.1) is 6.92 Å². The van der Waals surface area contributed by atoms with Gasteiger partial charge in [-0.15, -0.1) is 0 Å². The largest absolute Gasteiger partial charge is 0.508 e. The number of ether oxygens (including phenoxy) is 1. The molecule has 0 radical (unpaired) electrons. The van der Waals surface area contributed by atoms with Crippen molar-refractivity contribution in [3.63, 3.8) is 0 Å². The third-order valence-electron chi connectivity index (χ3n) is 3.74. The Kier molecular flexibility index (Phi) is 4.86. The molecular weight excluding hydrogens is 262 g/mol. The number of aromatic hydroxyl groups is 1.